The van der Waals surface area contributed by atoms with Gasteiger partial charge in [0, 0.05) is 31.4 Å². The van der Waals surface area contributed by atoms with E-state index >= 15 is 0 Å². The predicted molar refractivity (Wildman–Crippen MR) is 86.0 cm³/mol. The molecule has 3 aromatic rings. The van der Waals surface area contributed by atoms with Crippen LogP contribution in [0.5, 0.6) is 0 Å². The van der Waals surface area contributed by atoms with Crippen LogP contribution in [0.3, 0.4) is 0 Å². The number of sulfonamides is 1. The van der Waals surface area contributed by atoms with Gasteiger partial charge in [0.2, 0.25) is 10.0 Å². The fourth-order valence-corrected chi connectivity index (χ4v) is 3.59. The van der Waals surface area contributed by atoms with Gasteiger partial charge in [-0.2, -0.15) is 0 Å². The van der Waals surface area contributed by atoms with E-state index in [1.807, 2.05) is 29.9 Å². The Morgan fingerprint density at radius 1 is 1.26 bits per heavy atom. The molecule has 0 bridgehead atoms. The standard InChI is InChI=1S/C16H16FN3O2S/c1-20-11-12(15-6-3-8-18-16(15)20)7-9-19-23(21,22)14-5-2-4-13(17)10-14/h2-6,8,10-11,19H,7,9H2,1H3. The molecule has 0 saturated carbocycles. The minimum absolute atomic E-state index is 0.0721. The number of aryl methyl sites for hydroxylation is 1. The van der Waals surface area contributed by atoms with E-state index in [0.29, 0.717) is 6.42 Å². The topological polar surface area (TPSA) is 64.0 Å². The average Bonchev–Trinajstić information content (AvgIpc) is 2.84. The SMILES string of the molecule is Cn1cc(CCNS(=O)(=O)c2cccc(F)c2)c2cccnc21. The summed E-state index contributed by atoms with van der Waals surface area (Å²) in [7, 11) is -1.81. The van der Waals surface area contributed by atoms with Gasteiger partial charge >= 0.3 is 0 Å². The Morgan fingerprint density at radius 3 is 2.87 bits per heavy atom. The van der Waals surface area contributed by atoms with Gasteiger partial charge < -0.3 is 4.57 Å². The number of nitrogens with zero attached hydrogens (tertiary/aromatic N) is 2. The lowest BCUT2D eigenvalue weighted by Gasteiger charge is -2.06. The highest BCUT2D eigenvalue weighted by molar-refractivity contribution is 7.89. The van der Waals surface area contributed by atoms with Crippen molar-refractivity contribution in [3.8, 4) is 0 Å². The van der Waals surface area contributed by atoms with E-state index in [1.165, 1.54) is 18.2 Å². The molecule has 0 unspecified atom stereocenters. The minimum Gasteiger partial charge on any atom is -0.335 e. The first-order chi connectivity index (χ1) is 11.0. The molecular weight excluding hydrogens is 317 g/mol. The third-order valence-electron chi connectivity index (χ3n) is 3.61. The molecule has 2 heterocycles. The molecule has 0 spiro atoms. The first-order valence-corrected chi connectivity index (χ1v) is 8.60. The van der Waals surface area contributed by atoms with Gasteiger partial charge in [-0.15, -0.1) is 0 Å². The Hall–Kier alpha value is -2.25. The van der Waals surface area contributed by atoms with Crippen molar-refractivity contribution >= 4 is 21.1 Å². The summed E-state index contributed by atoms with van der Waals surface area (Å²) in [5.74, 6) is -0.576. The Bertz CT molecular complexity index is 951. The lowest BCUT2D eigenvalue weighted by Crippen LogP contribution is -2.26. The van der Waals surface area contributed by atoms with Crippen LogP contribution in [-0.2, 0) is 23.5 Å². The highest BCUT2D eigenvalue weighted by Crippen LogP contribution is 2.18. The van der Waals surface area contributed by atoms with Gasteiger partial charge in [-0.25, -0.2) is 22.5 Å². The molecule has 0 aliphatic carbocycles. The lowest BCUT2D eigenvalue weighted by atomic mass is 10.2. The van der Waals surface area contributed by atoms with E-state index in [1.54, 1.807) is 6.20 Å². The summed E-state index contributed by atoms with van der Waals surface area (Å²) in [6.45, 7) is 0.229. The summed E-state index contributed by atoms with van der Waals surface area (Å²) in [6, 6.07) is 8.77. The fraction of sp³-hybridized carbons (Fsp3) is 0.188. The maximum atomic E-state index is 13.2. The van der Waals surface area contributed by atoms with Crippen molar-refractivity contribution in [3.05, 3.63) is 60.2 Å². The Labute approximate surface area is 133 Å². The summed E-state index contributed by atoms with van der Waals surface area (Å²) < 4.78 is 41.9. The van der Waals surface area contributed by atoms with Crippen LogP contribution in [0.4, 0.5) is 4.39 Å². The maximum Gasteiger partial charge on any atom is 0.240 e. The third-order valence-corrected chi connectivity index (χ3v) is 5.07. The number of halogens is 1. The van der Waals surface area contributed by atoms with Gasteiger partial charge in [0.15, 0.2) is 0 Å². The molecule has 23 heavy (non-hydrogen) atoms. The number of fused-ring (bicyclic) bond motifs is 1. The first kappa shape index (κ1) is 15.6. The highest BCUT2D eigenvalue weighted by atomic mass is 32.2. The smallest absolute Gasteiger partial charge is 0.240 e. The number of hydrogen-bond acceptors (Lipinski definition) is 3. The number of aromatic nitrogens is 2. The van der Waals surface area contributed by atoms with Gasteiger partial charge in [0.05, 0.1) is 4.90 Å². The summed E-state index contributed by atoms with van der Waals surface area (Å²) in [4.78, 5) is 4.23. The minimum atomic E-state index is -3.71. The van der Waals surface area contributed by atoms with E-state index < -0.39 is 15.8 Å². The Kier molecular flexibility index (Phi) is 4.14. The van der Waals surface area contributed by atoms with Crippen molar-refractivity contribution in [2.24, 2.45) is 7.05 Å². The van der Waals surface area contributed by atoms with Crippen LogP contribution >= 0.6 is 0 Å². The van der Waals surface area contributed by atoms with E-state index in [0.717, 1.165) is 22.7 Å². The molecule has 1 N–H and O–H groups in total. The molecule has 1 aromatic carbocycles. The predicted octanol–water partition coefficient (Wildman–Crippen LogP) is 2.23. The van der Waals surface area contributed by atoms with E-state index in [2.05, 4.69) is 9.71 Å². The third kappa shape index (κ3) is 3.25. The van der Waals surface area contributed by atoms with Crippen molar-refractivity contribution in [2.45, 2.75) is 11.3 Å². The Morgan fingerprint density at radius 2 is 2.09 bits per heavy atom. The molecule has 0 aliphatic heterocycles. The van der Waals surface area contributed by atoms with Crippen LogP contribution in [0.2, 0.25) is 0 Å². The Balaban J connectivity index is 1.74. The summed E-state index contributed by atoms with van der Waals surface area (Å²) in [5, 5.41) is 1.000. The van der Waals surface area contributed by atoms with E-state index in [4.69, 9.17) is 0 Å². The van der Waals surface area contributed by atoms with Crippen molar-refractivity contribution in [1.29, 1.82) is 0 Å². The highest BCUT2D eigenvalue weighted by Gasteiger charge is 2.14. The summed E-state index contributed by atoms with van der Waals surface area (Å²) >= 11 is 0. The first-order valence-electron chi connectivity index (χ1n) is 7.11. The number of benzene rings is 1. The number of rotatable bonds is 5. The van der Waals surface area contributed by atoms with E-state index in [9.17, 15) is 12.8 Å². The zero-order chi connectivity index (χ0) is 16.4. The second-order valence-corrected chi connectivity index (χ2v) is 7.01. The fourth-order valence-electron chi connectivity index (χ4n) is 2.53. The monoisotopic (exact) mass is 333 g/mol. The van der Waals surface area contributed by atoms with Crippen molar-refractivity contribution in [2.75, 3.05) is 6.54 Å². The molecule has 120 valence electrons. The van der Waals surface area contributed by atoms with Crippen LogP contribution in [0.15, 0.2) is 53.7 Å². The van der Waals surface area contributed by atoms with Gasteiger partial charge in [0.25, 0.3) is 0 Å². The molecule has 0 amide bonds. The van der Waals surface area contributed by atoms with Crippen molar-refractivity contribution < 1.29 is 12.8 Å². The molecule has 0 radical (unpaired) electrons. The molecule has 0 aliphatic rings. The average molecular weight is 333 g/mol. The molecule has 7 heteroatoms. The van der Waals surface area contributed by atoms with Crippen LogP contribution in [0.25, 0.3) is 11.0 Å². The largest absolute Gasteiger partial charge is 0.335 e. The molecular formula is C16H16FN3O2S. The van der Waals surface area contributed by atoms with Gasteiger partial charge in [-0.05, 0) is 42.3 Å². The molecule has 0 saturated heterocycles. The lowest BCUT2D eigenvalue weighted by molar-refractivity contribution is 0.577. The maximum absolute atomic E-state index is 13.2. The molecule has 3 rings (SSSR count). The molecule has 2 aromatic heterocycles. The molecule has 0 fully saturated rings. The van der Waals surface area contributed by atoms with Crippen molar-refractivity contribution in [1.82, 2.24) is 14.3 Å². The molecule has 5 nitrogen and oxygen atoms in total. The second-order valence-electron chi connectivity index (χ2n) is 5.24. The number of nitrogens with one attached hydrogen (secondary N) is 1. The number of hydrogen-bond donors (Lipinski definition) is 1. The zero-order valence-electron chi connectivity index (χ0n) is 12.5. The zero-order valence-corrected chi connectivity index (χ0v) is 13.3. The van der Waals surface area contributed by atoms with Crippen LogP contribution < -0.4 is 4.72 Å². The summed E-state index contributed by atoms with van der Waals surface area (Å²) in [6.07, 6.45) is 4.19. The quantitative estimate of drug-likeness (QED) is 0.779. The van der Waals surface area contributed by atoms with E-state index in [-0.39, 0.29) is 11.4 Å². The van der Waals surface area contributed by atoms with Crippen LogP contribution in [0.1, 0.15) is 5.56 Å². The van der Waals surface area contributed by atoms with Crippen molar-refractivity contribution in [3.63, 3.8) is 0 Å². The van der Waals surface area contributed by atoms with Gasteiger partial charge in [-0.1, -0.05) is 6.07 Å². The second kappa shape index (κ2) is 6.10. The molecule has 0 atom stereocenters. The normalized spacial score (nSPS) is 11.9. The van der Waals surface area contributed by atoms with Gasteiger partial charge in [0.1, 0.15) is 11.5 Å². The number of pyridine rings is 1. The summed E-state index contributed by atoms with van der Waals surface area (Å²) in [5.41, 5.74) is 1.87. The van der Waals surface area contributed by atoms with Crippen LogP contribution in [-0.4, -0.2) is 24.5 Å². The van der Waals surface area contributed by atoms with Crippen LogP contribution in [0, 0.1) is 5.82 Å². The van der Waals surface area contributed by atoms with Gasteiger partial charge in [-0.3, -0.25) is 0 Å².